The summed E-state index contributed by atoms with van der Waals surface area (Å²) in [6.07, 6.45) is 3.23. The summed E-state index contributed by atoms with van der Waals surface area (Å²) in [5, 5.41) is 12.2. The van der Waals surface area contributed by atoms with E-state index >= 15 is 0 Å². The lowest BCUT2D eigenvalue weighted by molar-refractivity contribution is -0.113. The summed E-state index contributed by atoms with van der Waals surface area (Å²) in [5.74, 6) is 1.83. The molecular weight excluding hydrogens is 410 g/mol. The Balaban J connectivity index is 1.59. The van der Waals surface area contributed by atoms with E-state index in [1.54, 1.807) is 18.2 Å². The lowest BCUT2D eigenvalue weighted by Gasteiger charge is -2.09. The van der Waals surface area contributed by atoms with Crippen LogP contribution in [0.3, 0.4) is 0 Å². The molecule has 0 saturated heterocycles. The number of amides is 1. The number of thioether (sulfide) groups is 1. The van der Waals surface area contributed by atoms with Crippen molar-refractivity contribution in [3.8, 4) is 5.75 Å². The van der Waals surface area contributed by atoms with Crippen molar-refractivity contribution < 1.29 is 9.53 Å². The number of hydrogen-bond acceptors (Lipinski definition) is 6. The summed E-state index contributed by atoms with van der Waals surface area (Å²) in [4.78, 5) is 16.2. The van der Waals surface area contributed by atoms with Gasteiger partial charge in [-0.25, -0.2) is 4.98 Å². The number of benzene rings is 1. The van der Waals surface area contributed by atoms with Crippen molar-refractivity contribution >= 4 is 35.1 Å². The minimum atomic E-state index is -0.199. The fourth-order valence-electron chi connectivity index (χ4n) is 2.39. The number of nitrogens with one attached hydrogen (secondary N) is 1. The van der Waals surface area contributed by atoms with Gasteiger partial charge in [-0.15, -0.1) is 16.8 Å². The second-order valence-corrected chi connectivity index (χ2v) is 7.48. The van der Waals surface area contributed by atoms with Gasteiger partial charge in [0.2, 0.25) is 5.91 Å². The zero-order chi connectivity index (χ0) is 20.6. The first-order valence-electron chi connectivity index (χ1n) is 8.82. The molecule has 0 saturated carbocycles. The highest BCUT2D eigenvalue weighted by atomic mass is 35.5. The van der Waals surface area contributed by atoms with Gasteiger partial charge in [-0.3, -0.25) is 9.36 Å². The zero-order valence-corrected chi connectivity index (χ0v) is 17.4. The summed E-state index contributed by atoms with van der Waals surface area (Å²) in [5.41, 5.74) is 1.16. The van der Waals surface area contributed by atoms with Crippen LogP contribution in [0.25, 0.3) is 0 Å². The van der Waals surface area contributed by atoms with Crippen molar-refractivity contribution in [2.75, 3.05) is 11.1 Å². The molecule has 3 rings (SSSR count). The molecule has 0 unspecified atom stereocenters. The van der Waals surface area contributed by atoms with E-state index in [2.05, 4.69) is 27.1 Å². The van der Waals surface area contributed by atoms with E-state index in [9.17, 15) is 4.79 Å². The van der Waals surface area contributed by atoms with Gasteiger partial charge in [0.1, 0.15) is 18.2 Å². The van der Waals surface area contributed by atoms with Gasteiger partial charge < -0.3 is 10.1 Å². The number of hydrogen-bond donors (Lipinski definition) is 1. The first-order valence-corrected chi connectivity index (χ1v) is 10.2. The van der Waals surface area contributed by atoms with E-state index in [4.69, 9.17) is 16.3 Å². The Hall–Kier alpha value is -2.84. The molecule has 0 atom stereocenters. The molecule has 7 nitrogen and oxygen atoms in total. The molecule has 1 aromatic carbocycles. The lowest BCUT2D eigenvalue weighted by atomic mass is 10.2. The third-order valence-electron chi connectivity index (χ3n) is 3.82. The maximum Gasteiger partial charge on any atom is 0.236 e. The maximum atomic E-state index is 12.2. The van der Waals surface area contributed by atoms with Gasteiger partial charge in [-0.05, 0) is 31.2 Å². The normalized spacial score (nSPS) is 10.6. The van der Waals surface area contributed by atoms with Gasteiger partial charge in [0.25, 0.3) is 0 Å². The summed E-state index contributed by atoms with van der Waals surface area (Å²) in [7, 11) is 0. The number of anilines is 1. The molecule has 2 aromatic heterocycles. The molecular formula is C20H20ClN5O2S. The predicted octanol–water partition coefficient (Wildman–Crippen LogP) is 4.13. The molecule has 0 aliphatic rings. The average molecular weight is 430 g/mol. The molecule has 0 aliphatic heterocycles. The van der Waals surface area contributed by atoms with Crippen LogP contribution < -0.4 is 10.1 Å². The van der Waals surface area contributed by atoms with E-state index in [0.717, 1.165) is 11.3 Å². The number of aromatic nitrogens is 4. The van der Waals surface area contributed by atoms with Crippen LogP contribution in [0.15, 0.2) is 60.4 Å². The van der Waals surface area contributed by atoms with Gasteiger partial charge in [0, 0.05) is 12.7 Å². The predicted molar refractivity (Wildman–Crippen MR) is 114 cm³/mol. The molecule has 2 heterocycles. The molecule has 0 bridgehead atoms. The van der Waals surface area contributed by atoms with Crippen molar-refractivity contribution in [3.05, 3.63) is 71.7 Å². The van der Waals surface area contributed by atoms with E-state index in [1.807, 2.05) is 35.8 Å². The zero-order valence-electron chi connectivity index (χ0n) is 15.8. The highest BCUT2D eigenvalue weighted by molar-refractivity contribution is 7.99. The number of pyridine rings is 1. The van der Waals surface area contributed by atoms with Crippen LogP contribution in [0.2, 0.25) is 5.02 Å². The van der Waals surface area contributed by atoms with Gasteiger partial charge >= 0.3 is 0 Å². The van der Waals surface area contributed by atoms with Crippen LogP contribution in [-0.4, -0.2) is 31.4 Å². The van der Waals surface area contributed by atoms with Crippen molar-refractivity contribution in [2.45, 2.75) is 25.2 Å². The molecule has 0 aliphatic carbocycles. The van der Waals surface area contributed by atoms with E-state index < -0.39 is 0 Å². The van der Waals surface area contributed by atoms with Crippen molar-refractivity contribution in [3.63, 3.8) is 0 Å². The van der Waals surface area contributed by atoms with Crippen LogP contribution in [0.1, 0.15) is 11.4 Å². The van der Waals surface area contributed by atoms with E-state index in [1.165, 1.54) is 18.0 Å². The van der Waals surface area contributed by atoms with Crippen LogP contribution in [0.4, 0.5) is 5.82 Å². The molecule has 0 radical (unpaired) electrons. The molecule has 3 aromatic rings. The quantitative estimate of drug-likeness (QED) is 0.407. The smallest absolute Gasteiger partial charge is 0.236 e. The number of nitrogens with zero attached hydrogens (tertiary/aromatic N) is 4. The van der Waals surface area contributed by atoms with E-state index in [-0.39, 0.29) is 18.3 Å². The number of ether oxygens (including phenoxy) is 1. The summed E-state index contributed by atoms with van der Waals surface area (Å²) in [6.45, 7) is 6.59. The number of carbonyl (C=O) groups is 1. The van der Waals surface area contributed by atoms with Crippen molar-refractivity contribution in [2.24, 2.45) is 0 Å². The van der Waals surface area contributed by atoms with Gasteiger partial charge in [0.05, 0.1) is 10.8 Å². The SMILES string of the molecule is C=CCn1c(COc2ccc(C)cc2)nnc1SCC(=O)Nc1ccc(Cl)cn1. The molecule has 1 N–H and O–H groups in total. The molecule has 150 valence electrons. The van der Waals surface area contributed by atoms with Crippen molar-refractivity contribution in [1.29, 1.82) is 0 Å². The molecule has 0 fully saturated rings. The standard InChI is InChI=1S/C20H20ClN5O2S/c1-3-10-26-18(12-28-16-7-4-14(2)5-8-16)24-25-20(26)29-13-19(27)23-17-9-6-15(21)11-22-17/h3-9,11H,1,10,12-13H2,2H3,(H,22,23,27). The summed E-state index contributed by atoms with van der Waals surface area (Å²) >= 11 is 7.08. The monoisotopic (exact) mass is 429 g/mol. The van der Waals surface area contributed by atoms with Crippen LogP contribution in [0, 0.1) is 6.92 Å². The topological polar surface area (TPSA) is 81.9 Å². The van der Waals surface area contributed by atoms with Crippen LogP contribution in [-0.2, 0) is 17.9 Å². The largest absolute Gasteiger partial charge is 0.486 e. The number of allylic oxidation sites excluding steroid dienone is 1. The number of rotatable bonds is 9. The maximum absolute atomic E-state index is 12.2. The third kappa shape index (κ3) is 6.07. The van der Waals surface area contributed by atoms with Crippen molar-refractivity contribution in [1.82, 2.24) is 19.7 Å². The number of halogens is 1. The second-order valence-electron chi connectivity index (χ2n) is 6.10. The summed E-state index contributed by atoms with van der Waals surface area (Å²) in [6, 6.07) is 11.1. The van der Waals surface area contributed by atoms with Gasteiger partial charge in [-0.2, -0.15) is 0 Å². The third-order valence-corrected chi connectivity index (χ3v) is 5.01. The van der Waals surface area contributed by atoms with E-state index in [0.29, 0.717) is 28.4 Å². The van der Waals surface area contributed by atoms with Gasteiger partial charge in [-0.1, -0.05) is 47.1 Å². The highest BCUT2D eigenvalue weighted by Gasteiger charge is 2.14. The molecule has 9 heteroatoms. The fourth-order valence-corrected chi connectivity index (χ4v) is 3.26. The minimum absolute atomic E-state index is 0.165. The number of carbonyl (C=O) groups excluding carboxylic acids is 1. The average Bonchev–Trinajstić information content (AvgIpc) is 3.10. The minimum Gasteiger partial charge on any atom is -0.486 e. The van der Waals surface area contributed by atoms with Crippen LogP contribution in [0.5, 0.6) is 5.75 Å². The lowest BCUT2D eigenvalue weighted by Crippen LogP contribution is -2.15. The fraction of sp³-hybridized carbons (Fsp3) is 0.200. The van der Waals surface area contributed by atoms with Gasteiger partial charge in [0.15, 0.2) is 11.0 Å². The number of aryl methyl sites for hydroxylation is 1. The Labute approximate surface area is 178 Å². The first kappa shape index (κ1) is 20.9. The molecule has 29 heavy (non-hydrogen) atoms. The second kappa shape index (κ2) is 10.1. The Morgan fingerprint density at radius 2 is 2.07 bits per heavy atom. The Morgan fingerprint density at radius 1 is 1.28 bits per heavy atom. The van der Waals surface area contributed by atoms with Crippen LogP contribution >= 0.6 is 23.4 Å². The molecule has 0 spiro atoms. The Bertz CT molecular complexity index is 974. The summed E-state index contributed by atoms with van der Waals surface area (Å²) < 4.78 is 7.67. The highest BCUT2D eigenvalue weighted by Crippen LogP contribution is 2.20. The Kier molecular flexibility index (Phi) is 7.26. The molecule has 1 amide bonds. The Morgan fingerprint density at radius 3 is 2.76 bits per heavy atom. The first-order chi connectivity index (χ1) is 14.0.